The minimum absolute atomic E-state index is 0.0473. The first-order valence-corrected chi connectivity index (χ1v) is 10.9. The van der Waals surface area contributed by atoms with Crippen molar-refractivity contribution < 1.29 is 14.6 Å². The van der Waals surface area contributed by atoms with E-state index in [1.54, 1.807) is 4.57 Å². The predicted octanol–water partition coefficient (Wildman–Crippen LogP) is 6.46. The molecule has 6 nitrogen and oxygen atoms in total. The average molecular weight is 492 g/mol. The number of aromatic nitrogens is 1. The summed E-state index contributed by atoms with van der Waals surface area (Å²) in [7, 11) is 0. The Bertz CT molecular complexity index is 1310. The largest absolute Gasteiger partial charge is 0.493 e. The van der Waals surface area contributed by atoms with Gasteiger partial charge in [0, 0.05) is 9.86 Å². The molecule has 0 spiro atoms. The minimum atomic E-state index is -0.538. The molecule has 0 saturated heterocycles. The van der Waals surface area contributed by atoms with Crippen molar-refractivity contribution in [3.05, 3.63) is 87.9 Å². The Labute approximate surface area is 194 Å². The van der Waals surface area contributed by atoms with Crippen LogP contribution in [0.1, 0.15) is 16.7 Å². The second kappa shape index (κ2) is 9.36. The number of azo groups is 1. The van der Waals surface area contributed by atoms with Crippen LogP contribution in [0.2, 0.25) is 0 Å². The Morgan fingerprint density at radius 3 is 2.62 bits per heavy atom. The molecule has 4 aromatic rings. The number of carbonyl (C=O) groups excluding carboxylic acids is 1. The zero-order valence-electron chi connectivity index (χ0n) is 17.7. The van der Waals surface area contributed by atoms with Crippen LogP contribution in [0.25, 0.3) is 10.9 Å². The molecule has 0 bridgehead atoms. The van der Waals surface area contributed by atoms with Crippen LogP contribution >= 0.6 is 15.9 Å². The number of hydrogen-bond donors (Lipinski definition) is 1. The molecule has 0 aliphatic heterocycles. The lowest BCUT2D eigenvalue weighted by molar-refractivity contribution is -0.120. The fourth-order valence-electron chi connectivity index (χ4n) is 3.47. The quantitative estimate of drug-likeness (QED) is 0.314. The van der Waals surface area contributed by atoms with Crippen LogP contribution in [-0.4, -0.2) is 22.2 Å². The van der Waals surface area contributed by atoms with Gasteiger partial charge in [-0.15, -0.1) is 10.2 Å². The van der Waals surface area contributed by atoms with Gasteiger partial charge in [0.15, 0.2) is 12.3 Å². The first kappa shape index (κ1) is 21.8. The first-order chi connectivity index (χ1) is 15.4. The maximum Gasteiger partial charge on any atom is 0.302 e. The van der Waals surface area contributed by atoms with Crippen LogP contribution in [0.15, 0.2) is 81.4 Å². The molecule has 0 radical (unpaired) electrons. The minimum Gasteiger partial charge on any atom is -0.493 e. The number of rotatable bonds is 6. The highest BCUT2D eigenvalue weighted by molar-refractivity contribution is 9.10. The van der Waals surface area contributed by atoms with Gasteiger partial charge in [-0.2, -0.15) is 0 Å². The van der Waals surface area contributed by atoms with Crippen LogP contribution < -0.4 is 4.74 Å². The number of benzene rings is 3. The molecular formula is C25H22BrN3O3. The number of nitrogens with zero attached hydrogens (tertiary/aromatic N) is 3. The number of ether oxygens (including phenoxy) is 1. The molecule has 0 fully saturated rings. The number of halogens is 1. The number of hydrogen-bond acceptors (Lipinski definition) is 4. The van der Waals surface area contributed by atoms with E-state index in [0.29, 0.717) is 17.7 Å². The van der Waals surface area contributed by atoms with Crippen LogP contribution in [-0.2, 0) is 11.3 Å². The Morgan fingerprint density at radius 2 is 1.84 bits per heavy atom. The summed E-state index contributed by atoms with van der Waals surface area (Å²) in [4.78, 5) is 12.3. The third kappa shape index (κ3) is 4.57. The van der Waals surface area contributed by atoms with Gasteiger partial charge in [-0.25, -0.2) is 0 Å². The molecular weight excluding hydrogens is 470 g/mol. The van der Waals surface area contributed by atoms with Gasteiger partial charge in [-0.3, -0.25) is 4.79 Å². The second-order valence-corrected chi connectivity index (χ2v) is 8.40. The number of fused-ring (bicyclic) bond motifs is 1. The fraction of sp³-hybridized carbons (Fsp3) is 0.160. The van der Waals surface area contributed by atoms with E-state index >= 15 is 0 Å². The zero-order chi connectivity index (χ0) is 22.7. The van der Waals surface area contributed by atoms with E-state index in [2.05, 4.69) is 26.2 Å². The molecule has 3 aromatic carbocycles. The summed E-state index contributed by atoms with van der Waals surface area (Å²) >= 11 is 3.46. The van der Waals surface area contributed by atoms with Gasteiger partial charge in [0.1, 0.15) is 5.75 Å². The van der Waals surface area contributed by atoms with Crippen LogP contribution in [0.4, 0.5) is 5.69 Å². The summed E-state index contributed by atoms with van der Waals surface area (Å²) in [5, 5.41) is 19.5. The number of aromatic hydroxyl groups is 1. The molecule has 1 N–H and O–H groups in total. The molecule has 0 unspecified atom stereocenters. The topological polar surface area (TPSA) is 76.2 Å². The van der Waals surface area contributed by atoms with Gasteiger partial charge in [0.2, 0.25) is 5.88 Å². The second-order valence-electron chi connectivity index (χ2n) is 7.49. The van der Waals surface area contributed by atoms with Crippen molar-refractivity contribution in [3.63, 3.8) is 0 Å². The Morgan fingerprint density at radius 1 is 1.06 bits per heavy atom. The maximum atomic E-state index is 12.3. The lowest BCUT2D eigenvalue weighted by atomic mass is 10.1. The first-order valence-electron chi connectivity index (χ1n) is 10.1. The highest BCUT2D eigenvalue weighted by atomic mass is 79.9. The van der Waals surface area contributed by atoms with Crippen molar-refractivity contribution in [3.8, 4) is 11.6 Å². The summed E-state index contributed by atoms with van der Waals surface area (Å²) in [6.45, 7) is 4.15. The van der Waals surface area contributed by atoms with Crippen molar-refractivity contribution in [2.45, 2.75) is 20.4 Å². The maximum absolute atomic E-state index is 12.3. The summed E-state index contributed by atoms with van der Waals surface area (Å²) in [6.07, 6.45) is 0. The van der Waals surface area contributed by atoms with Gasteiger partial charge in [-0.1, -0.05) is 58.4 Å². The predicted molar refractivity (Wildman–Crippen MR) is 128 cm³/mol. The van der Waals surface area contributed by atoms with E-state index in [0.717, 1.165) is 26.7 Å². The number of aryl methyl sites for hydroxylation is 1. The third-order valence-electron chi connectivity index (χ3n) is 5.32. The molecule has 4 rings (SSSR count). The van der Waals surface area contributed by atoms with Crippen LogP contribution in [0, 0.1) is 13.8 Å². The number of carbonyl (C=O) groups is 1. The van der Waals surface area contributed by atoms with Gasteiger partial charge >= 0.3 is 5.91 Å². The highest BCUT2D eigenvalue weighted by Gasteiger charge is 2.18. The molecule has 0 atom stereocenters. The van der Waals surface area contributed by atoms with E-state index in [9.17, 15) is 9.90 Å². The molecule has 162 valence electrons. The van der Waals surface area contributed by atoms with E-state index in [1.165, 1.54) is 0 Å². The molecule has 0 saturated carbocycles. The summed E-state index contributed by atoms with van der Waals surface area (Å²) in [5.74, 6) is 0.0537. The van der Waals surface area contributed by atoms with Crippen molar-refractivity contribution in [2.75, 3.05) is 6.61 Å². The van der Waals surface area contributed by atoms with Gasteiger partial charge in [0.25, 0.3) is 0 Å². The Hall–Kier alpha value is -3.45. The van der Waals surface area contributed by atoms with Crippen molar-refractivity contribution in [1.82, 2.24) is 4.57 Å². The third-order valence-corrected chi connectivity index (χ3v) is 5.82. The van der Waals surface area contributed by atoms with Crippen molar-refractivity contribution in [2.24, 2.45) is 10.2 Å². The molecule has 1 amide bonds. The van der Waals surface area contributed by atoms with E-state index < -0.39 is 5.91 Å². The van der Waals surface area contributed by atoms with E-state index in [-0.39, 0.29) is 18.2 Å². The average Bonchev–Trinajstić information content (AvgIpc) is 3.04. The fourth-order valence-corrected chi connectivity index (χ4v) is 3.84. The van der Waals surface area contributed by atoms with E-state index in [4.69, 9.17) is 4.74 Å². The molecule has 7 heteroatoms. The molecule has 1 aromatic heterocycles. The van der Waals surface area contributed by atoms with Crippen molar-refractivity contribution in [1.29, 1.82) is 0 Å². The molecule has 0 aliphatic rings. The van der Waals surface area contributed by atoms with Gasteiger partial charge < -0.3 is 14.4 Å². The lowest BCUT2D eigenvalue weighted by Gasteiger charge is -2.08. The summed E-state index contributed by atoms with van der Waals surface area (Å²) in [6, 6.07) is 21.1. The SMILES string of the molecule is Cc1cccc(OCC(=O)N=Nc2c(O)n(Cc3ccccc3)c3ccc(Br)cc23)c1C. The molecule has 32 heavy (non-hydrogen) atoms. The highest BCUT2D eigenvalue weighted by Crippen LogP contribution is 2.40. The summed E-state index contributed by atoms with van der Waals surface area (Å²) in [5.41, 5.74) is 4.13. The summed E-state index contributed by atoms with van der Waals surface area (Å²) < 4.78 is 8.20. The number of amides is 1. The lowest BCUT2D eigenvalue weighted by Crippen LogP contribution is -2.08. The van der Waals surface area contributed by atoms with Crippen LogP contribution in [0.3, 0.4) is 0 Å². The van der Waals surface area contributed by atoms with Gasteiger partial charge in [0.05, 0.1) is 12.1 Å². The normalized spacial score (nSPS) is 11.3. The standard InChI is InChI=1S/C25H22BrN3O3/c1-16-7-6-10-22(17(16)2)32-15-23(30)27-28-24-20-13-19(26)11-12-21(20)29(25(24)31)14-18-8-4-3-5-9-18/h3-13,31H,14-15H2,1-2H3. The molecule has 0 aliphatic carbocycles. The van der Waals surface area contributed by atoms with Crippen LogP contribution in [0.5, 0.6) is 11.6 Å². The Kier molecular flexibility index (Phi) is 6.37. The smallest absolute Gasteiger partial charge is 0.302 e. The van der Waals surface area contributed by atoms with Crippen molar-refractivity contribution >= 4 is 38.4 Å². The Balaban J connectivity index is 1.60. The van der Waals surface area contributed by atoms with E-state index in [1.807, 2.05) is 80.6 Å². The zero-order valence-corrected chi connectivity index (χ0v) is 19.3. The van der Waals surface area contributed by atoms with Gasteiger partial charge in [-0.05, 0) is 54.8 Å². The molecule has 1 heterocycles. The monoisotopic (exact) mass is 491 g/mol.